The lowest BCUT2D eigenvalue weighted by molar-refractivity contribution is 0.472. The zero-order valence-electron chi connectivity index (χ0n) is 12.4. The van der Waals surface area contributed by atoms with Gasteiger partial charge in [-0.25, -0.2) is 4.98 Å². The zero-order valence-corrected chi connectivity index (χ0v) is 12.4. The highest BCUT2D eigenvalue weighted by Gasteiger charge is 2.33. The van der Waals surface area contributed by atoms with Crippen molar-refractivity contribution in [3.8, 4) is 0 Å². The van der Waals surface area contributed by atoms with Crippen LogP contribution in [0.3, 0.4) is 0 Å². The van der Waals surface area contributed by atoms with Gasteiger partial charge in [0.2, 0.25) is 0 Å². The van der Waals surface area contributed by atoms with E-state index in [2.05, 4.69) is 53.0 Å². The lowest BCUT2D eigenvalue weighted by Crippen LogP contribution is -2.28. The molecule has 3 heteroatoms. The Labute approximate surface area is 121 Å². The van der Waals surface area contributed by atoms with E-state index in [9.17, 15) is 0 Å². The van der Waals surface area contributed by atoms with Gasteiger partial charge in [-0.15, -0.1) is 0 Å². The van der Waals surface area contributed by atoms with Crippen LogP contribution in [0.15, 0.2) is 36.8 Å². The number of hydrogen-bond acceptors (Lipinski definition) is 2. The highest BCUT2D eigenvalue weighted by molar-refractivity contribution is 5.26. The van der Waals surface area contributed by atoms with E-state index in [4.69, 9.17) is 0 Å². The van der Waals surface area contributed by atoms with Gasteiger partial charge in [0, 0.05) is 30.4 Å². The third-order valence-electron chi connectivity index (χ3n) is 4.58. The summed E-state index contributed by atoms with van der Waals surface area (Å²) in [6.07, 6.45) is 6.30. The quantitative estimate of drug-likeness (QED) is 0.925. The van der Waals surface area contributed by atoms with Gasteiger partial charge in [-0.3, -0.25) is 0 Å². The van der Waals surface area contributed by atoms with Crippen LogP contribution in [0.25, 0.3) is 0 Å². The summed E-state index contributed by atoms with van der Waals surface area (Å²) >= 11 is 0. The van der Waals surface area contributed by atoms with Gasteiger partial charge in [-0.05, 0) is 37.4 Å². The van der Waals surface area contributed by atoms with E-state index in [0.29, 0.717) is 0 Å². The summed E-state index contributed by atoms with van der Waals surface area (Å²) in [6, 6.07) is 8.64. The molecule has 1 aromatic carbocycles. The number of benzene rings is 1. The molecule has 1 saturated heterocycles. The third-order valence-corrected chi connectivity index (χ3v) is 4.58. The largest absolute Gasteiger partial charge is 0.334 e. The van der Waals surface area contributed by atoms with Crippen LogP contribution in [0.2, 0.25) is 0 Å². The lowest BCUT2D eigenvalue weighted by atomic mass is 9.86. The summed E-state index contributed by atoms with van der Waals surface area (Å²) < 4.78 is 2.33. The second-order valence-electron chi connectivity index (χ2n) is 6.14. The Morgan fingerprint density at radius 2 is 2.20 bits per heavy atom. The molecule has 0 spiro atoms. The first kappa shape index (κ1) is 13.4. The molecule has 3 rings (SSSR count). The van der Waals surface area contributed by atoms with Crippen LogP contribution in [-0.4, -0.2) is 22.6 Å². The number of nitrogens with zero attached hydrogens (tertiary/aromatic N) is 2. The van der Waals surface area contributed by atoms with Crippen LogP contribution >= 0.6 is 0 Å². The Hall–Kier alpha value is -1.61. The molecule has 1 atom stereocenters. The minimum Gasteiger partial charge on any atom is -0.334 e. The molecular formula is C17H23N3. The van der Waals surface area contributed by atoms with Crippen LogP contribution in [0.5, 0.6) is 0 Å². The van der Waals surface area contributed by atoms with E-state index >= 15 is 0 Å². The first-order valence-corrected chi connectivity index (χ1v) is 7.45. The summed E-state index contributed by atoms with van der Waals surface area (Å²) in [5, 5.41) is 3.47. The smallest absolute Gasteiger partial charge is 0.0948 e. The van der Waals surface area contributed by atoms with Crippen molar-refractivity contribution >= 4 is 0 Å². The summed E-state index contributed by atoms with van der Waals surface area (Å²) in [5.41, 5.74) is 4.42. The van der Waals surface area contributed by atoms with Crippen molar-refractivity contribution in [3.05, 3.63) is 53.6 Å². The standard InChI is InChI=1S/C17H23N3/c1-14-5-3-4-6-15(14)7-10-20-13-19-11-16(20)17(2)8-9-18-12-17/h3-6,11,13,18H,7-10,12H2,1-2H3. The second kappa shape index (κ2) is 5.41. The van der Waals surface area contributed by atoms with Gasteiger partial charge in [0.15, 0.2) is 0 Å². The van der Waals surface area contributed by atoms with E-state index in [1.54, 1.807) is 0 Å². The van der Waals surface area contributed by atoms with Crippen LogP contribution in [0.4, 0.5) is 0 Å². The minimum absolute atomic E-state index is 0.238. The van der Waals surface area contributed by atoms with Gasteiger partial charge in [0.25, 0.3) is 0 Å². The summed E-state index contributed by atoms with van der Waals surface area (Å²) in [5.74, 6) is 0. The van der Waals surface area contributed by atoms with E-state index in [1.165, 1.54) is 23.2 Å². The molecule has 1 aliphatic rings. The molecule has 106 valence electrons. The first-order chi connectivity index (χ1) is 9.69. The summed E-state index contributed by atoms with van der Waals surface area (Å²) in [4.78, 5) is 4.38. The maximum atomic E-state index is 4.38. The molecule has 0 bridgehead atoms. The van der Waals surface area contributed by atoms with Gasteiger partial charge < -0.3 is 9.88 Å². The van der Waals surface area contributed by atoms with Crippen LogP contribution < -0.4 is 5.32 Å². The summed E-state index contributed by atoms with van der Waals surface area (Å²) in [6.45, 7) is 7.71. The average molecular weight is 269 g/mol. The van der Waals surface area contributed by atoms with E-state index < -0.39 is 0 Å². The zero-order chi connectivity index (χ0) is 14.0. The van der Waals surface area contributed by atoms with Crippen molar-refractivity contribution in [2.75, 3.05) is 13.1 Å². The maximum absolute atomic E-state index is 4.38. The Balaban J connectivity index is 1.76. The van der Waals surface area contributed by atoms with Crippen molar-refractivity contribution in [1.29, 1.82) is 0 Å². The maximum Gasteiger partial charge on any atom is 0.0948 e. The highest BCUT2D eigenvalue weighted by atomic mass is 15.1. The molecule has 0 aliphatic carbocycles. The van der Waals surface area contributed by atoms with E-state index in [0.717, 1.165) is 26.1 Å². The van der Waals surface area contributed by atoms with E-state index in [1.807, 2.05) is 12.5 Å². The molecule has 1 aliphatic heterocycles. The number of nitrogens with one attached hydrogen (secondary N) is 1. The topological polar surface area (TPSA) is 29.9 Å². The van der Waals surface area contributed by atoms with Crippen molar-refractivity contribution in [2.24, 2.45) is 0 Å². The van der Waals surface area contributed by atoms with Crippen LogP contribution in [0.1, 0.15) is 30.2 Å². The molecule has 3 nitrogen and oxygen atoms in total. The average Bonchev–Trinajstić information content (AvgIpc) is 3.07. The minimum atomic E-state index is 0.238. The number of hydrogen-bond donors (Lipinski definition) is 1. The van der Waals surface area contributed by atoms with Gasteiger partial charge in [-0.2, -0.15) is 0 Å². The Morgan fingerprint density at radius 3 is 2.95 bits per heavy atom. The molecule has 0 amide bonds. The fourth-order valence-electron chi connectivity index (χ4n) is 3.17. The third kappa shape index (κ3) is 2.50. The predicted molar refractivity (Wildman–Crippen MR) is 81.9 cm³/mol. The van der Waals surface area contributed by atoms with Crippen molar-refractivity contribution in [1.82, 2.24) is 14.9 Å². The SMILES string of the molecule is Cc1ccccc1CCn1cncc1C1(C)CCNC1. The van der Waals surface area contributed by atoms with Gasteiger partial charge in [0.05, 0.1) is 6.33 Å². The van der Waals surface area contributed by atoms with Gasteiger partial charge in [0.1, 0.15) is 0 Å². The number of rotatable bonds is 4. The van der Waals surface area contributed by atoms with E-state index in [-0.39, 0.29) is 5.41 Å². The van der Waals surface area contributed by atoms with Crippen molar-refractivity contribution in [3.63, 3.8) is 0 Å². The molecular weight excluding hydrogens is 246 g/mol. The normalized spacial score (nSPS) is 22.3. The van der Waals surface area contributed by atoms with Crippen LogP contribution in [0, 0.1) is 6.92 Å². The monoisotopic (exact) mass is 269 g/mol. The van der Waals surface area contributed by atoms with Gasteiger partial charge >= 0.3 is 0 Å². The molecule has 2 heterocycles. The molecule has 1 aromatic heterocycles. The first-order valence-electron chi connectivity index (χ1n) is 7.45. The number of aryl methyl sites for hydroxylation is 3. The fraction of sp³-hybridized carbons (Fsp3) is 0.471. The van der Waals surface area contributed by atoms with Crippen molar-refractivity contribution in [2.45, 2.75) is 38.6 Å². The Morgan fingerprint density at radius 1 is 1.35 bits per heavy atom. The Bertz CT molecular complexity index is 579. The molecule has 1 unspecified atom stereocenters. The van der Waals surface area contributed by atoms with Crippen LogP contribution in [-0.2, 0) is 18.4 Å². The fourth-order valence-corrected chi connectivity index (χ4v) is 3.17. The molecule has 0 saturated carbocycles. The molecule has 2 aromatic rings. The molecule has 1 N–H and O–H groups in total. The second-order valence-corrected chi connectivity index (χ2v) is 6.14. The molecule has 20 heavy (non-hydrogen) atoms. The highest BCUT2D eigenvalue weighted by Crippen LogP contribution is 2.29. The lowest BCUT2D eigenvalue weighted by Gasteiger charge is -2.24. The number of aromatic nitrogens is 2. The Kier molecular flexibility index (Phi) is 3.62. The van der Waals surface area contributed by atoms with Crippen molar-refractivity contribution < 1.29 is 0 Å². The molecule has 1 fully saturated rings. The molecule has 0 radical (unpaired) electrons. The summed E-state index contributed by atoms with van der Waals surface area (Å²) in [7, 11) is 0. The predicted octanol–water partition coefficient (Wildman–Crippen LogP) is 2.69. The number of imidazole rings is 1. The van der Waals surface area contributed by atoms with Gasteiger partial charge in [-0.1, -0.05) is 31.2 Å².